The van der Waals surface area contributed by atoms with Gasteiger partial charge in [0.1, 0.15) is 18.1 Å². The number of hydrogen-bond acceptors (Lipinski definition) is 6. The summed E-state index contributed by atoms with van der Waals surface area (Å²) in [4.78, 5) is 16.1. The van der Waals surface area contributed by atoms with Crippen LogP contribution in [-0.4, -0.2) is 62.2 Å². The summed E-state index contributed by atoms with van der Waals surface area (Å²) >= 11 is 0. The number of hydrogen-bond donors (Lipinski definition) is 0. The van der Waals surface area contributed by atoms with Gasteiger partial charge in [0.2, 0.25) is 5.76 Å². The van der Waals surface area contributed by atoms with Crippen LogP contribution in [0.5, 0.6) is 5.75 Å². The maximum Gasteiger partial charge on any atom is 0.373 e. The zero-order valence-corrected chi connectivity index (χ0v) is 14.5. The molecule has 2 aromatic rings. The normalized spacial score (nSPS) is 15.9. The summed E-state index contributed by atoms with van der Waals surface area (Å²) in [5.41, 5.74) is 0. The van der Waals surface area contributed by atoms with Gasteiger partial charge >= 0.3 is 5.97 Å². The van der Waals surface area contributed by atoms with Crippen molar-refractivity contribution in [3.8, 4) is 5.75 Å². The fourth-order valence-electron chi connectivity index (χ4n) is 2.87. The van der Waals surface area contributed by atoms with E-state index in [0.29, 0.717) is 13.2 Å². The maximum atomic E-state index is 11.4. The molecule has 0 radical (unpaired) electrons. The van der Waals surface area contributed by atoms with Gasteiger partial charge in [-0.2, -0.15) is 0 Å². The van der Waals surface area contributed by atoms with Crippen molar-refractivity contribution in [3.63, 3.8) is 0 Å². The lowest BCUT2D eigenvalue weighted by atomic mass is 10.3. The Bertz CT molecular complexity index is 663. The van der Waals surface area contributed by atoms with Gasteiger partial charge in [0.15, 0.2) is 0 Å². The lowest BCUT2D eigenvalue weighted by Gasteiger charge is -2.34. The predicted molar refractivity (Wildman–Crippen MR) is 93.7 cm³/mol. The Morgan fingerprint density at radius 2 is 1.76 bits per heavy atom. The third kappa shape index (κ3) is 5.08. The molecule has 0 amide bonds. The highest BCUT2D eigenvalue weighted by atomic mass is 16.5. The van der Waals surface area contributed by atoms with Crippen LogP contribution in [-0.2, 0) is 11.3 Å². The van der Waals surface area contributed by atoms with E-state index in [1.54, 1.807) is 6.07 Å². The first-order valence-corrected chi connectivity index (χ1v) is 8.54. The van der Waals surface area contributed by atoms with Crippen LogP contribution in [0.4, 0.5) is 0 Å². The number of para-hydroxylation sites is 1. The molecule has 1 aromatic carbocycles. The predicted octanol–water partition coefficient (Wildman–Crippen LogP) is 2.26. The molecule has 2 heterocycles. The molecule has 0 N–H and O–H groups in total. The molecule has 1 aliphatic rings. The Kier molecular flexibility index (Phi) is 6.09. The second-order valence-electron chi connectivity index (χ2n) is 6.04. The SMILES string of the molecule is COC(=O)c1ccc(CN2CCN(CCOc3ccccc3)CC2)o1. The number of nitrogens with zero attached hydrogens (tertiary/aromatic N) is 2. The van der Waals surface area contributed by atoms with Gasteiger partial charge in [-0.25, -0.2) is 4.79 Å². The summed E-state index contributed by atoms with van der Waals surface area (Å²) in [6.07, 6.45) is 0. The van der Waals surface area contributed by atoms with E-state index >= 15 is 0 Å². The molecule has 1 aliphatic heterocycles. The summed E-state index contributed by atoms with van der Waals surface area (Å²) in [6.45, 7) is 6.29. The summed E-state index contributed by atoms with van der Waals surface area (Å²) in [7, 11) is 1.35. The van der Waals surface area contributed by atoms with Gasteiger partial charge in [-0.3, -0.25) is 9.80 Å². The van der Waals surface area contributed by atoms with Gasteiger partial charge in [-0.15, -0.1) is 0 Å². The minimum Gasteiger partial charge on any atom is -0.492 e. The van der Waals surface area contributed by atoms with E-state index in [1.165, 1.54) is 7.11 Å². The number of methoxy groups -OCH3 is 1. The van der Waals surface area contributed by atoms with E-state index in [4.69, 9.17) is 9.15 Å². The summed E-state index contributed by atoms with van der Waals surface area (Å²) in [6, 6.07) is 13.4. The van der Waals surface area contributed by atoms with Crippen molar-refractivity contribution in [2.24, 2.45) is 0 Å². The van der Waals surface area contributed by atoms with Crippen LogP contribution in [0.25, 0.3) is 0 Å². The van der Waals surface area contributed by atoms with Gasteiger partial charge in [0.05, 0.1) is 13.7 Å². The number of ether oxygens (including phenoxy) is 2. The van der Waals surface area contributed by atoms with Gasteiger partial charge in [0, 0.05) is 32.7 Å². The van der Waals surface area contributed by atoms with E-state index in [-0.39, 0.29) is 5.76 Å². The molecule has 0 atom stereocenters. The molecule has 0 spiro atoms. The molecule has 1 aromatic heterocycles. The highest BCUT2D eigenvalue weighted by Crippen LogP contribution is 2.13. The second-order valence-corrected chi connectivity index (χ2v) is 6.04. The number of furan rings is 1. The van der Waals surface area contributed by atoms with Crippen LogP contribution < -0.4 is 4.74 Å². The fourth-order valence-corrected chi connectivity index (χ4v) is 2.87. The maximum absolute atomic E-state index is 11.4. The smallest absolute Gasteiger partial charge is 0.373 e. The molecule has 0 saturated carbocycles. The molecule has 6 heteroatoms. The third-order valence-electron chi connectivity index (χ3n) is 4.31. The van der Waals surface area contributed by atoms with Gasteiger partial charge in [0.25, 0.3) is 0 Å². The van der Waals surface area contributed by atoms with Crippen molar-refractivity contribution in [3.05, 3.63) is 54.0 Å². The van der Waals surface area contributed by atoms with Crippen LogP contribution in [0.3, 0.4) is 0 Å². The van der Waals surface area contributed by atoms with E-state index in [2.05, 4.69) is 14.5 Å². The number of esters is 1. The molecule has 0 bridgehead atoms. The topological polar surface area (TPSA) is 55.2 Å². The minimum absolute atomic E-state index is 0.259. The van der Waals surface area contributed by atoms with Crippen LogP contribution in [0.2, 0.25) is 0 Å². The molecule has 3 rings (SSSR count). The van der Waals surface area contributed by atoms with Crippen molar-refractivity contribution in [2.45, 2.75) is 6.54 Å². The van der Waals surface area contributed by atoms with E-state index in [0.717, 1.165) is 44.2 Å². The van der Waals surface area contributed by atoms with Crippen LogP contribution in [0, 0.1) is 0 Å². The first kappa shape index (κ1) is 17.5. The van der Waals surface area contributed by atoms with Crippen LogP contribution in [0.15, 0.2) is 46.9 Å². The lowest BCUT2D eigenvalue weighted by molar-refractivity contribution is 0.0558. The Balaban J connectivity index is 1.37. The lowest BCUT2D eigenvalue weighted by Crippen LogP contribution is -2.46. The van der Waals surface area contributed by atoms with Gasteiger partial charge < -0.3 is 13.9 Å². The standard InChI is InChI=1S/C19H24N2O4/c1-23-19(22)18-8-7-17(25-18)15-21-11-9-20(10-12-21)13-14-24-16-5-3-2-4-6-16/h2-8H,9-15H2,1H3. The number of rotatable bonds is 7. The van der Waals surface area contributed by atoms with E-state index < -0.39 is 5.97 Å². The van der Waals surface area contributed by atoms with Crippen LogP contribution in [0.1, 0.15) is 16.3 Å². The van der Waals surface area contributed by atoms with Crippen molar-refractivity contribution < 1.29 is 18.7 Å². The molecule has 0 unspecified atom stereocenters. The van der Waals surface area contributed by atoms with Crippen molar-refractivity contribution in [1.82, 2.24) is 9.80 Å². The first-order valence-electron chi connectivity index (χ1n) is 8.54. The Morgan fingerprint density at radius 1 is 1.04 bits per heavy atom. The molecular formula is C19H24N2O4. The number of carbonyl (C=O) groups excluding carboxylic acids is 1. The molecule has 6 nitrogen and oxygen atoms in total. The first-order chi connectivity index (χ1) is 12.2. The summed E-state index contributed by atoms with van der Waals surface area (Å²) < 4.78 is 15.9. The van der Waals surface area contributed by atoms with Crippen molar-refractivity contribution in [2.75, 3.05) is 46.4 Å². The van der Waals surface area contributed by atoms with Crippen LogP contribution >= 0.6 is 0 Å². The molecular weight excluding hydrogens is 320 g/mol. The average molecular weight is 344 g/mol. The van der Waals surface area contributed by atoms with Gasteiger partial charge in [-0.1, -0.05) is 18.2 Å². The number of benzene rings is 1. The molecule has 1 saturated heterocycles. The number of carbonyl (C=O) groups is 1. The Hall–Kier alpha value is -2.31. The van der Waals surface area contributed by atoms with Crippen molar-refractivity contribution in [1.29, 1.82) is 0 Å². The minimum atomic E-state index is -0.436. The van der Waals surface area contributed by atoms with Crippen molar-refractivity contribution >= 4 is 5.97 Å². The fraction of sp³-hybridized carbons (Fsp3) is 0.421. The molecule has 134 valence electrons. The van der Waals surface area contributed by atoms with E-state index in [9.17, 15) is 4.79 Å². The zero-order valence-electron chi connectivity index (χ0n) is 14.5. The quantitative estimate of drug-likeness (QED) is 0.718. The summed E-state index contributed by atoms with van der Waals surface area (Å²) in [5, 5.41) is 0. The monoisotopic (exact) mass is 344 g/mol. The molecule has 1 fully saturated rings. The average Bonchev–Trinajstić information content (AvgIpc) is 3.12. The molecule has 25 heavy (non-hydrogen) atoms. The number of piperazine rings is 1. The second kappa shape index (κ2) is 8.69. The highest BCUT2D eigenvalue weighted by molar-refractivity contribution is 5.86. The zero-order chi connectivity index (χ0) is 17.5. The Labute approximate surface area is 147 Å². The highest BCUT2D eigenvalue weighted by Gasteiger charge is 2.19. The van der Waals surface area contributed by atoms with Gasteiger partial charge in [-0.05, 0) is 24.3 Å². The Morgan fingerprint density at radius 3 is 2.48 bits per heavy atom. The van der Waals surface area contributed by atoms with E-state index in [1.807, 2.05) is 36.4 Å². The summed E-state index contributed by atoms with van der Waals surface area (Å²) in [5.74, 6) is 1.53. The largest absolute Gasteiger partial charge is 0.492 e. The molecule has 0 aliphatic carbocycles. The third-order valence-corrected chi connectivity index (χ3v) is 4.31.